The Morgan fingerprint density at radius 3 is 2.35 bits per heavy atom. The molecule has 0 saturated heterocycles. The monoisotopic (exact) mass is 542 g/mol. The number of rotatable bonds is 12. The van der Waals surface area contributed by atoms with E-state index < -0.39 is 32.1 Å². The first-order valence-corrected chi connectivity index (χ1v) is 14.6. The molecule has 1 aromatic heterocycles. The van der Waals surface area contributed by atoms with Crippen LogP contribution in [-0.2, 0) is 24.8 Å². The van der Waals surface area contributed by atoms with Crippen molar-refractivity contribution in [2.75, 3.05) is 6.54 Å². The van der Waals surface area contributed by atoms with Gasteiger partial charge in [-0.15, -0.1) is 0 Å². The largest absolute Gasteiger partial charge is 0.480 e. The van der Waals surface area contributed by atoms with Crippen molar-refractivity contribution < 1.29 is 31.2 Å². The molecule has 3 aromatic carbocycles. The van der Waals surface area contributed by atoms with Gasteiger partial charge in [-0.25, -0.2) is 21.6 Å². The Kier molecular flexibility index (Phi) is 8.08. The summed E-state index contributed by atoms with van der Waals surface area (Å²) >= 11 is 0. The number of aliphatic carboxylic acids is 1. The summed E-state index contributed by atoms with van der Waals surface area (Å²) < 4.78 is 60.5. The van der Waals surface area contributed by atoms with Gasteiger partial charge in [0.25, 0.3) is 0 Å². The fraction of sp³-hybridized carbons (Fsp3) is 0.192. The van der Waals surface area contributed by atoms with Crippen molar-refractivity contribution in [2.24, 2.45) is 0 Å². The maximum atomic E-state index is 13.0. The van der Waals surface area contributed by atoms with Gasteiger partial charge in [0, 0.05) is 22.7 Å². The SMILES string of the molecule is O=C(O)C(CCCCNS(=O)(=O)C=Cc1ccccc1)NS(=O)(=O)c1ccc2oc3ccccc3c2c1. The molecule has 11 heteroatoms. The molecule has 194 valence electrons. The number of nitrogens with one attached hydrogen (secondary N) is 2. The lowest BCUT2D eigenvalue weighted by Crippen LogP contribution is -2.40. The Morgan fingerprint density at radius 2 is 1.59 bits per heavy atom. The first-order chi connectivity index (χ1) is 17.6. The van der Waals surface area contributed by atoms with E-state index in [0.29, 0.717) is 23.0 Å². The van der Waals surface area contributed by atoms with Crippen LogP contribution >= 0.6 is 0 Å². The minimum atomic E-state index is -4.14. The molecule has 9 nitrogen and oxygen atoms in total. The van der Waals surface area contributed by atoms with E-state index in [1.54, 1.807) is 30.3 Å². The highest BCUT2D eigenvalue weighted by molar-refractivity contribution is 7.92. The topological polar surface area (TPSA) is 143 Å². The van der Waals surface area contributed by atoms with Crippen molar-refractivity contribution in [3.8, 4) is 0 Å². The Labute approximate surface area is 214 Å². The zero-order valence-electron chi connectivity index (χ0n) is 19.7. The third kappa shape index (κ3) is 6.83. The van der Waals surface area contributed by atoms with Crippen molar-refractivity contribution >= 4 is 54.0 Å². The molecule has 1 atom stereocenters. The molecule has 0 fully saturated rings. The highest BCUT2D eigenvalue weighted by Crippen LogP contribution is 2.30. The Hall–Kier alpha value is -3.51. The smallest absolute Gasteiger partial charge is 0.321 e. The number of fused-ring (bicyclic) bond motifs is 3. The molecule has 37 heavy (non-hydrogen) atoms. The van der Waals surface area contributed by atoms with Crippen LogP contribution in [0.1, 0.15) is 24.8 Å². The zero-order chi connectivity index (χ0) is 26.5. The lowest BCUT2D eigenvalue weighted by atomic mass is 10.1. The molecule has 1 unspecified atom stereocenters. The number of sulfonamides is 2. The van der Waals surface area contributed by atoms with E-state index in [1.165, 1.54) is 24.3 Å². The van der Waals surface area contributed by atoms with Crippen LogP contribution in [0.25, 0.3) is 28.0 Å². The average Bonchev–Trinajstić information content (AvgIpc) is 3.25. The average molecular weight is 543 g/mol. The number of benzene rings is 3. The van der Waals surface area contributed by atoms with Crippen LogP contribution in [0.4, 0.5) is 0 Å². The molecule has 0 aliphatic heterocycles. The molecule has 0 spiro atoms. The Morgan fingerprint density at radius 1 is 0.892 bits per heavy atom. The minimum Gasteiger partial charge on any atom is -0.480 e. The van der Waals surface area contributed by atoms with Crippen molar-refractivity contribution in [1.82, 2.24) is 9.44 Å². The molecular formula is C26H26N2O7S2. The second-order valence-corrected chi connectivity index (χ2v) is 11.8. The first kappa shape index (κ1) is 26.6. The van der Waals surface area contributed by atoms with E-state index in [9.17, 15) is 26.7 Å². The minimum absolute atomic E-state index is 0.00691. The van der Waals surface area contributed by atoms with Gasteiger partial charge in [-0.1, -0.05) is 48.5 Å². The van der Waals surface area contributed by atoms with Crippen molar-refractivity contribution in [3.05, 3.63) is 83.8 Å². The zero-order valence-corrected chi connectivity index (χ0v) is 21.3. The summed E-state index contributed by atoms with van der Waals surface area (Å²) in [6.07, 6.45) is 2.08. The number of carboxylic acid groups (broad SMARTS) is 1. The standard InChI is InChI=1S/C26H26N2O7S2/c29-26(30)23(11-6-7-16-27-36(31,32)17-15-19-8-2-1-3-9-19)28-37(33,34)20-13-14-25-22(18-20)21-10-4-5-12-24(21)35-25/h1-5,8-10,12-15,17-18,23,27-28H,6-7,11,16H2,(H,29,30). The quantitative estimate of drug-likeness (QED) is 0.229. The molecule has 0 radical (unpaired) electrons. The van der Waals surface area contributed by atoms with Crippen molar-refractivity contribution in [2.45, 2.75) is 30.2 Å². The van der Waals surface area contributed by atoms with Crippen LogP contribution in [0.2, 0.25) is 0 Å². The van der Waals surface area contributed by atoms with Gasteiger partial charge in [-0.2, -0.15) is 4.72 Å². The second kappa shape index (κ2) is 11.3. The summed E-state index contributed by atoms with van der Waals surface area (Å²) in [4.78, 5) is 11.7. The van der Waals surface area contributed by atoms with Crippen molar-refractivity contribution in [3.63, 3.8) is 0 Å². The highest BCUT2D eigenvalue weighted by atomic mass is 32.2. The lowest BCUT2D eigenvalue weighted by molar-refractivity contribution is -0.139. The molecule has 4 aromatic rings. The number of carbonyl (C=O) groups is 1. The predicted molar refractivity (Wildman–Crippen MR) is 142 cm³/mol. The van der Waals surface area contributed by atoms with Gasteiger partial charge in [-0.3, -0.25) is 4.79 Å². The molecule has 4 rings (SSSR count). The van der Waals surface area contributed by atoms with E-state index in [-0.39, 0.29) is 24.3 Å². The van der Waals surface area contributed by atoms with Gasteiger partial charge in [0.05, 0.1) is 4.90 Å². The van der Waals surface area contributed by atoms with Crippen LogP contribution in [0.3, 0.4) is 0 Å². The maximum absolute atomic E-state index is 13.0. The lowest BCUT2D eigenvalue weighted by Gasteiger charge is -2.15. The normalized spacial score (nSPS) is 13.4. The van der Waals surface area contributed by atoms with E-state index in [4.69, 9.17) is 4.42 Å². The van der Waals surface area contributed by atoms with Gasteiger partial charge in [0.15, 0.2) is 0 Å². The summed E-state index contributed by atoms with van der Waals surface area (Å²) in [7, 11) is -7.79. The Balaban J connectivity index is 1.34. The summed E-state index contributed by atoms with van der Waals surface area (Å²) in [6.45, 7) is 0.0881. The second-order valence-electron chi connectivity index (χ2n) is 8.42. The number of carboxylic acids is 1. The van der Waals surface area contributed by atoms with E-state index >= 15 is 0 Å². The van der Waals surface area contributed by atoms with Gasteiger partial charge in [0.2, 0.25) is 20.0 Å². The molecule has 0 saturated carbocycles. The Bertz CT molecular complexity index is 1640. The van der Waals surface area contributed by atoms with Gasteiger partial charge in [0.1, 0.15) is 17.2 Å². The van der Waals surface area contributed by atoms with Crippen LogP contribution in [0, 0.1) is 0 Å². The molecule has 0 aliphatic rings. The number of para-hydroxylation sites is 1. The van der Waals surface area contributed by atoms with E-state index in [2.05, 4.69) is 9.44 Å². The molecular weight excluding hydrogens is 516 g/mol. The number of furan rings is 1. The predicted octanol–water partition coefficient (Wildman–Crippen LogP) is 4.08. The third-order valence-corrected chi connectivity index (χ3v) is 8.29. The first-order valence-electron chi connectivity index (χ1n) is 11.5. The molecule has 0 bridgehead atoms. The highest BCUT2D eigenvalue weighted by Gasteiger charge is 2.25. The number of unbranched alkanes of at least 4 members (excludes halogenated alkanes) is 1. The fourth-order valence-corrected chi connectivity index (χ4v) is 5.94. The van der Waals surface area contributed by atoms with Gasteiger partial charge < -0.3 is 9.52 Å². The number of hydrogen-bond acceptors (Lipinski definition) is 6. The summed E-state index contributed by atoms with van der Waals surface area (Å²) in [5.41, 5.74) is 1.88. The van der Waals surface area contributed by atoms with E-state index in [1.807, 2.05) is 24.3 Å². The maximum Gasteiger partial charge on any atom is 0.321 e. The van der Waals surface area contributed by atoms with Crippen LogP contribution in [0.5, 0.6) is 0 Å². The van der Waals surface area contributed by atoms with Crippen LogP contribution in [0.15, 0.2) is 87.5 Å². The molecule has 0 aliphatic carbocycles. The summed E-state index contributed by atoms with van der Waals surface area (Å²) in [5.74, 6) is -1.32. The fourth-order valence-electron chi connectivity index (χ4n) is 3.83. The summed E-state index contributed by atoms with van der Waals surface area (Å²) in [5, 5.41) is 12.0. The molecule has 1 heterocycles. The van der Waals surface area contributed by atoms with Crippen LogP contribution < -0.4 is 9.44 Å². The van der Waals surface area contributed by atoms with Crippen molar-refractivity contribution in [1.29, 1.82) is 0 Å². The summed E-state index contributed by atoms with van der Waals surface area (Å²) in [6, 6.07) is 19.2. The van der Waals surface area contributed by atoms with E-state index in [0.717, 1.165) is 16.4 Å². The number of hydrogen-bond donors (Lipinski definition) is 3. The third-order valence-electron chi connectivity index (χ3n) is 5.72. The van der Waals surface area contributed by atoms with Gasteiger partial charge >= 0.3 is 5.97 Å². The molecule has 0 amide bonds. The molecule has 3 N–H and O–H groups in total. The van der Waals surface area contributed by atoms with Crippen LogP contribution in [-0.4, -0.2) is 40.5 Å². The van der Waals surface area contributed by atoms with Gasteiger partial charge in [-0.05, 0) is 55.2 Å².